The molecule has 0 atom stereocenters. The van der Waals surface area contributed by atoms with Crippen LogP contribution in [0.3, 0.4) is 0 Å². The molecule has 19 heavy (non-hydrogen) atoms. The number of aromatic carboxylic acids is 1. The number of hydrogen-bond acceptors (Lipinski definition) is 3. The molecule has 5 nitrogen and oxygen atoms in total. The minimum atomic E-state index is -3.93. The van der Waals surface area contributed by atoms with Crippen molar-refractivity contribution in [2.45, 2.75) is 31.3 Å². The summed E-state index contributed by atoms with van der Waals surface area (Å²) in [5.41, 5.74) is -1.43. The number of alkyl halides is 1. The summed E-state index contributed by atoms with van der Waals surface area (Å²) in [5, 5.41) is 8.85. The van der Waals surface area contributed by atoms with E-state index in [1.165, 1.54) is 26.0 Å². The maximum Gasteiger partial charge on any atom is 0.335 e. The number of sulfonamides is 1. The van der Waals surface area contributed by atoms with Gasteiger partial charge in [-0.2, -0.15) is 0 Å². The second kappa shape index (κ2) is 5.26. The Morgan fingerprint density at radius 2 is 2.00 bits per heavy atom. The highest BCUT2D eigenvalue weighted by atomic mass is 32.2. The van der Waals surface area contributed by atoms with Crippen LogP contribution in [0.1, 0.15) is 29.8 Å². The molecule has 0 spiro atoms. The first-order valence-corrected chi connectivity index (χ1v) is 7.04. The van der Waals surface area contributed by atoms with Gasteiger partial charge in [-0.3, -0.25) is 0 Å². The van der Waals surface area contributed by atoms with Gasteiger partial charge in [0.05, 0.1) is 10.5 Å². The fraction of sp³-hybridized carbons (Fsp3) is 0.417. The highest BCUT2D eigenvalue weighted by Gasteiger charge is 2.23. The first-order valence-electron chi connectivity index (χ1n) is 5.55. The van der Waals surface area contributed by atoms with Crippen LogP contribution >= 0.6 is 0 Å². The smallest absolute Gasteiger partial charge is 0.335 e. The molecule has 0 bridgehead atoms. The van der Waals surface area contributed by atoms with Crippen molar-refractivity contribution >= 4 is 16.0 Å². The third-order valence-electron chi connectivity index (χ3n) is 2.41. The molecule has 1 aromatic carbocycles. The van der Waals surface area contributed by atoms with E-state index in [1.807, 2.05) is 0 Å². The van der Waals surface area contributed by atoms with E-state index in [2.05, 4.69) is 4.72 Å². The van der Waals surface area contributed by atoms with Crippen molar-refractivity contribution in [1.82, 2.24) is 4.72 Å². The molecule has 7 heteroatoms. The highest BCUT2D eigenvalue weighted by molar-refractivity contribution is 7.89. The van der Waals surface area contributed by atoms with Crippen molar-refractivity contribution in [1.29, 1.82) is 0 Å². The van der Waals surface area contributed by atoms with Crippen molar-refractivity contribution in [2.75, 3.05) is 6.54 Å². The number of carboxylic acid groups (broad SMARTS) is 1. The second-order valence-electron chi connectivity index (χ2n) is 4.83. The van der Waals surface area contributed by atoms with Crippen LogP contribution in [0.2, 0.25) is 0 Å². The molecule has 1 aromatic rings. The van der Waals surface area contributed by atoms with Gasteiger partial charge in [-0.05, 0) is 38.5 Å². The predicted molar refractivity (Wildman–Crippen MR) is 68.5 cm³/mol. The zero-order chi connectivity index (χ0) is 14.8. The normalized spacial score (nSPS) is 12.4. The number of nitrogens with one attached hydrogen (secondary N) is 1. The van der Waals surface area contributed by atoms with Gasteiger partial charge in [0.25, 0.3) is 0 Å². The van der Waals surface area contributed by atoms with Gasteiger partial charge < -0.3 is 5.11 Å². The Morgan fingerprint density at radius 1 is 1.42 bits per heavy atom. The molecule has 0 fully saturated rings. The molecule has 0 aliphatic heterocycles. The van der Waals surface area contributed by atoms with Gasteiger partial charge in [-0.25, -0.2) is 22.3 Å². The molecule has 106 valence electrons. The van der Waals surface area contributed by atoms with Gasteiger partial charge in [-0.1, -0.05) is 6.07 Å². The quantitative estimate of drug-likeness (QED) is 0.864. The van der Waals surface area contributed by atoms with Crippen LogP contribution in [0.25, 0.3) is 0 Å². The average Bonchev–Trinajstić information content (AvgIpc) is 2.25. The van der Waals surface area contributed by atoms with E-state index < -0.39 is 21.7 Å². The number of hydrogen-bond donors (Lipinski definition) is 2. The summed E-state index contributed by atoms with van der Waals surface area (Å²) in [6, 6.07) is 3.78. The minimum absolute atomic E-state index is 0.134. The van der Waals surface area contributed by atoms with Gasteiger partial charge in [0, 0.05) is 6.54 Å². The molecule has 0 unspecified atom stereocenters. The third kappa shape index (κ3) is 4.29. The largest absolute Gasteiger partial charge is 0.478 e. The Balaban J connectivity index is 3.14. The average molecular weight is 289 g/mol. The van der Waals surface area contributed by atoms with Gasteiger partial charge in [0.15, 0.2) is 0 Å². The Bertz CT molecular complexity index is 590. The Kier molecular flexibility index (Phi) is 4.32. The number of rotatable bonds is 5. The first kappa shape index (κ1) is 15.6. The maximum absolute atomic E-state index is 13.3. The van der Waals surface area contributed by atoms with Crippen molar-refractivity contribution in [2.24, 2.45) is 0 Å². The molecule has 0 saturated carbocycles. The predicted octanol–water partition coefficient (Wildman–Crippen LogP) is 1.72. The van der Waals surface area contributed by atoms with Gasteiger partial charge in [0.2, 0.25) is 10.0 Å². The van der Waals surface area contributed by atoms with E-state index in [-0.39, 0.29) is 17.0 Å². The standard InChI is InChI=1S/C12H16FNO4S/c1-8-4-5-9(11(15)16)6-10(8)19(17,18)14-7-12(2,3)13/h4-6,14H,7H2,1-3H3,(H,15,16). The van der Waals surface area contributed by atoms with E-state index in [1.54, 1.807) is 6.92 Å². The van der Waals surface area contributed by atoms with E-state index in [0.29, 0.717) is 5.56 Å². The molecule has 0 saturated heterocycles. The van der Waals surface area contributed by atoms with Crippen molar-refractivity contribution < 1.29 is 22.7 Å². The Labute approximate surface area is 111 Å². The lowest BCUT2D eigenvalue weighted by molar-refractivity contribution is 0.0696. The van der Waals surface area contributed by atoms with E-state index in [0.717, 1.165) is 6.07 Å². The fourth-order valence-electron chi connectivity index (χ4n) is 1.37. The minimum Gasteiger partial charge on any atom is -0.478 e. The molecular formula is C12H16FNO4S. The summed E-state index contributed by atoms with van der Waals surface area (Å²) in [5.74, 6) is -1.22. The molecule has 0 heterocycles. The van der Waals surface area contributed by atoms with Crippen LogP contribution in [-0.4, -0.2) is 31.7 Å². The monoisotopic (exact) mass is 289 g/mol. The lowest BCUT2D eigenvalue weighted by atomic mass is 10.1. The first-order chi connectivity index (χ1) is 8.53. The summed E-state index contributed by atoms with van der Waals surface area (Å²) in [6.45, 7) is 3.65. The fourth-order valence-corrected chi connectivity index (χ4v) is 2.83. The molecular weight excluding hydrogens is 273 g/mol. The van der Waals surface area contributed by atoms with Gasteiger partial charge in [-0.15, -0.1) is 0 Å². The van der Waals surface area contributed by atoms with Crippen LogP contribution < -0.4 is 4.72 Å². The number of benzene rings is 1. The lowest BCUT2D eigenvalue weighted by Crippen LogP contribution is -2.35. The summed E-state index contributed by atoms with van der Waals surface area (Å²) in [7, 11) is -3.93. The molecule has 2 N–H and O–H groups in total. The number of carboxylic acids is 1. The molecule has 0 radical (unpaired) electrons. The summed E-state index contributed by atoms with van der Waals surface area (Å²) >= 11 is 0. The van der Waals surface area contributed by atoms with E-state index in [9.17, 15) is 17.6 Å². The molecule has 1 rings (SSSR count). The zero-order valence-corrected chi connectivity index (χ0v) is 11.7. The van der Waals surface area contributed by atoms with Crippen LogP contribution in [0.4, 0.5) is 4.39 Å². The van der Waals surface area contributed by atoms with Crippen molar-refractivity contribution in [3.63, 3.8) is 0 Å². The SMILES string of the molecule is Cc1ccc(C(=O)O)cc1S(=O)(=O)NCC(C)(C)F. The Hall–Kier alpha value is -1.47. The molecule has 0 aliphatic carbocycles. The summed E-state index contributed by atoms with van der Waals surface area (Å²) < 4.78 is 39.5. The van der Waals surface area contributed by atoms with Crippen LogP contribution in [-0.2, 0) is 10.0 Å². The van der Waals surface area contributed by atoms with Crippen LogP contribution in [0.15, 0.2) is 23.1 Å². The van der Waals surface area contributed by atoms with Crippen LogP contribution in [0.5, 0.6) is 0 Å². The topological polar surface area (TPSA) is 83.5 Å². The number of halogens is 1. The molecule has 0 amide bonds. The zero-order valence-electron chi connectivity index (χ0n) is 10.9. The van der Waals surface area contributed by atoms with Gasteiger partial charge in [0.1, 0.15) is 5.67 Å². The lowest BCUT2D eigenvalue weighted by Gasteiger charge is -2.16. The third-order valence-corrected chi connectivity index (χ3v) is 3.95. The summed E-state index contributed by atoms with van der Waals surface area (Å²) in [4.78, 5) is 10.7. The van der Waals surface area contributed by atoms with Crippen LogP contribution in [0, 0.1) is 6.92 Å². The second-order valence-corrected chi connectivity index (χ2v) is 6.56. The van der Waals surface area contributed by atoms with Crippen molar-refractivity contribution in [3.05, 3.63) is 29.3 Å². The summed E-state index contributed by atoms with van der Waals surface area (Å²) in [6.07, 6.45) is 0. The molecule has 0 aromatic heterocycles. The number of carbonyl (C=O) groups is 1. The van der Waals surface area contributed by atoms with E-state index in [4.69, 9.17) is 5.11 Å². The van der Waals surface area contributed by atoms with Crippen molar-refractivity contribution in [3.8, 4) is 0 Å². The Morgan fingerprint density at radius 3 is 2.47 bits per heavy atom. The number of aryl methyl sites for hydroxylation is 1. The van der Waals surface area contributed by atoms with Gasteiger partial charge >= 0.3 is 5.97 Å². The highest BCUT2D eigenvalue weighted by Crippen LogP contribution is 2.18. The molecule has 0 aliphatic rings. The maximum atomic E-state index is 13.3. The van der Waals surface area contributed by atoms with E-state index >= 15 is 0 Å².